The summed E-state index contributed by atoms with van der Waals surface area (Å²) < 4.78 is 13.3. The second-order valence-corrected chi connectivity index (χ2v) is 17.0. The molecule has 64 heavy (non-hydrogen) atoms. The van der Waals surface area contributed by atoms with Crippen molar-refractivity contribution in [3.8, 4) is 44.5 Å². The van der Waals surface area contributed by atoms with E-state index in [0.717, 1.165) is 66.1 Å². The van der Waals surface area contributed by atoms with Gasteiger partial charge in [-0.3, -0.25) is 0 Å². The molecule has 0 aliphatic rings. The van der Waals surface area contributed by atoms with E-state index in [2.05, 4.69) is 218 Å². The van der Waals surface area contributed by atoms with Gasteiger partial charge >= 0.3 is 0 Å². The summed E-state index contributed by atoms with van der Waals surface area (Å²) in [7, 11) is 0. The third kappa shape index (κ3) is 5.08. The highest BCUT2D eigenvalue weighted by Gasteiger charge is 2.23. The monoisotopic (exact) mass is 812 g/mol. The van der Waals surface area contributed by atoms with Gasteiger partial charge in [-0.2, -0.15) is 0 Å². The van der Waals surface area contributed by atoms with E-state index in [9.17, 15) is 0 Å². The van der Waals surface area contributed by atoms with Crippen LogP contribution in [-0.2, 0) is 0 Å². The lowest BCUT2D eigenvalue weighted by Crippen LogP contribution is -1.93. The Kier molecular flexibility index (Phi) is 7.43. The maximum Gasteiger partial charge on any atom is 0.136 e. The molecular formula is C62H36O2. The summed E-state index contributed by atoms with van der Waals surface area (Å²) in [6.45, 7) is 0. The molecule has 0 N–H and O–H groups in total. The molecule has 0 spiro atoms. The fraction of sp³-hybridized carbons (Fsp3) is 0. The number of rotatable bonds is 4. The van der Waals surface area contributed by atoms with Gasteiger partial charge in [0.25, 0.3) is 0 Å². The van der Waals surface area contributed by atoms with Gasteiger partial charge in [0.15, 0.2) is 0 Å². The normalized spacial score (nSPS) is 12.1. The molecule has 0 radical (unpaired) electrons. The molecule has 0 bridgehead atoms. The molecule has 296 valence electrons. The fourth-order valence-corrected chi connectivity index (χ4v) is 10.9. The van der Waals surface area contributed by atoms with Crippen LogP contribution in [-0.4, -0.2) is 0 Å². The summed E-state index contributed by atoms with van der Waals surface area (Å²) in [6, 6.07) is 79.5. The maximum absolute atomic E-state index is 6.67. The SMILES string of the molecule is c1ccc(-c2cc(-c3c4cccc(-c5cccc6oc7ccc8ccccc8c7c56)c4cc4c(-c5cccc6oc7ccc8ccccc8c7c56)cccc34)c3ccccc3c2)cc1. The van der Waals surface area contributed by atoms with Crippen molar-refractivity contribution in [3.63, 3.8) is 0 Å². The van der Waals surface area contributed by atoms with Crippen LogP contribution in [0.1, 0.15) is 0 Å². The lowest BCUT2D eigenvalue weighted by atomic mass is 9.83. The van der Waals surface area contributed by atoms with Crippen LogP contribution < -0.4 is 0 Å². The molecule has 0 saturated carbocycles. The quantitative estimate of drug-likeness (QED) is 0.166. The van der Waals surface area contributed by atoms with E-state index < -0.39 is 0 Å². The molecule has 2 nitrogen and oxygen atoms in total. The van der Waals surface area contributed by atoms with Gasteiger partial charge in [-0.1, -0.05) is 176 Å². The first kappa shape index (κ1) is 35.2. The van der Waals surface area contributed by atoms with Gasteiger partial charge in [0.1, 0.15) is 22.3 Å². The predicted octanol–water partition coefficient (Wildman–Crippen LogP) is 17.9. The second-order valence-electron chi connectivity index (χ2n) is 17.0. The number of fused-ring (bicyclic) bond motifs is 13. The molecule has 2 heterocycles. The molecule has 0 saturated heterocycles. The van der Waals surface area contributed by atoms with Crippen LogP contribution in [0.3, 0.4) is 0 Å². The summed E-state index contributed by atoms with van der Waals surface area (Å²) in [6.07, 6.45) is 0. The van der Waals surface area contributed by atoms with Crippen molar-refractivity contribution in [2.75, 3.05) is 0 Å². The molecule has 0 atom stereocenters. The Morgan fingerprint density at radius 1 is 0.219 bits per heavy atom. The Balaban J connectivity index is 1.16. The first-order valence-electron chi connectivity index (χ1n) is 22.0. The largest absolute Gasteiger partial charge is 0.456 e. The minimum atomic E-state index is 0.884. The highest BCUT2D eigenvalue weighted by Crippen LogP contribution is 2.49. The van der Waals surface area contributed by atoms with Gasteiger partial charge in [-0.15, -0.1) is 0 Å². The average molecular weight is 813 g/mol. The van der Waals surface area contributed by atoms with Crippen LogP contribution in [0.2, 0.25) is 0 Å². The van der Waals surface area contributed by atoms with E-state index >= 15 is 0 Å². The van der Waals surface area contributed by atoms with Crippen molar-refractivity contribution in [2.24, 2.45) is 0 Å². The third-order valence-corrected chi connectivity index (χ3v) is 13.6. The molecule has 14 aromatic rings. The Hall–Kier alpha value is -8.46. The topological polar surface area (TPSA) is 26.3 Å². The predicted molar refractivity (Wildman–Crippen MR) is 270 cm³/mol. The van der Waals surface area contributed by atoms with Crippen molar-refractivity contribution < 1.29 is 8.83 Å². The van der Waals surface area contributed by atoms with Crippen LogP contribution in [0.5, 0.6) is 0 Å². The van der Waals surface area contributed by atoms with Crippen LogP contribution in [0, 0.1) is 0 Å². The minimum absolute atomic E-state index is 0.884. The maximum atomic E-state index is 6.67. The molecule has 0 fully saturated rings. The molecule has 2 aromatic heterocycles. The molecule has 0 aliphatic heterocycles. The zero-order chi connectivity index (χ0) is 41.9. The molecule has 12 aromatic carbocycles. The van der Waals surface area contributed by atoms with Gasteiger partial charge in [-0.05, 0) is 141 Å². The Bertz CT molecular complexity index is 4030. The van der Waals surface area contributed by atoms with E-state index in [-0.39, 0.29) is 0 Å². The Morgan fingerprint density at radius 2 is 0.672 bits per heavy atom. The van der Waals surface area contributed by atoms with Gasteiger partial charge in [0, 0.05) is 21.5 Å². The number of hydrogen-bond acceptors (Lipinski definition) is 2. The number of hydrogen-bond donors (Lipinski definition) is 0. The van der Waals surface area contributed by atoms with E-state index in [1.807, 2.05) is 0 Å². The van der Waals surface area contributed by atoms with Crippen LogP contribution in [0.15, 0.2) is 227 Å². The van der Waals surface area contributed by atoms with Crippen LogP contribution in [0.4, 0.5) is 0 Å². The van der Waals surface area contributed by atoms with E-state index in [1.165, 1.54) is 76.1 Å². The first-order valence-corrected chi connectivity index (χ1v) is 22.0. The van der Waals surface area contributed by atoms with Crippen LogP contribution >= 0.6 is 0 Å². The standard InChI is InChI=1S/C62H36O2/c1-2-14-37(15-3-1)41-34-40-18-6-7-19-42(40)53(35-41)58-49-24-10-22-45(47-26-12-28-54-61(47)59-43-20-8-4-16-38(43)30-32-56(59)63-54)51(49)36-52-46(23-11-25-50(52)58)48-27-13-29-55-62(48)60-44-21-9-5-17-39(44)31-33-57(60)64-55/h1-36H. The lowest BCUT2D eigenvalue weighted by Gasteiger charge is -2.20. The molecule has 14 rings (SSSR count). The molecule has 0 amide bonds. The average Bonchev–Trinajstić information content (AvgIpc) is 3.95. The van der Waals surface area contributed by atoms with Crippen LogP contribution in [0.25, 0.3) is 142 Å². The highest BCUT2D eigenvalue weighted by atomic mass is 16.3. The summed E-state index contributed by atoms with van der Waals surface area (Å²) in [5, 5.41) is 16.5. The van der Waals surface area contributed by atoms with Crippen molar-refractivity contribution in [3.05, 3.63) is 218 Å². The number of benzene rings is 12. The fourth-order valence-electron chi connectivity index (χ4n) is 10.9. The summed E-state index contributed by atoms with van der Waals surface area (Å²) >= 11 is 0. The zero-order valence-corrected chi connectivity index (χ0v) is 34.6. The number of furan rings is 2. The van der Waals surface area contributed by atoms with Crippen molar-refractivity contribution >= 4 is 97.7 Å². The van der Waals surface area contributed by atoms with Gasteiger partial charge in [-0.25, -0.2) is 0 Å². The van der Waals surface area contributed by atoms with E-state index in [1.54, 1.807) is 0 Å². The van der Waals surface area contributed by atoms with Crippen molar-refractivity contribution in [2.45, 2.75) is 0 Å². The second kappa shape index (κ2) is 13.5. The summed E-state index contributed by atoms with van der Waals surface area (Å²) in [4.78, 5) is 0. The zero-order valence-electron chi connectivity index (χ0n) is 34.6. The first-order chi connectivity index (χ1) is 31.7. The Labute approximate surface area is 367 Å². The highest BCUT2D eigenvalue weighted by molar-refractivity contribution is 6.28. The smallest absolute Gasteiger partial charge is 0.136 e. The Morgan fingerprint density at radius 3 is 1.25 bits per heavy atom. The van der Waals surface area contributed by atoms with Gasteiger partial charge in [0.2, 0.25) is 0 Å². The minimum Gasteiger partial charge on any atom is -0.456 e. The summed E-state index contributed by atoms with van der Waals surface area (Å²) in [5.74, 6) is 0. The lowest BCUT2D eigenvalue weighted by molar-refractivity contribution is 0.669. The molecular weight excluding hydrogens is 777 g/mol. The van der Waals surface area contributed by atoms with E-state index in [4.69, 9.17) is 8.83 Å². The van der Waals surface area contributed by atoms with Crippen molar-refractivity contribution in [1.82, 2.24) is 0 Å². The molecule has 0 aliphatic carbocycles. The molecule has 2 heteroatoms. The third-order valence-electron chi connectivity index (χ3n) is 13.6. The van der Waals surface area contributed by atoms with Gasteiger partial charge < -0.3 is 8.83 Å². The molecule has 0 unspecified atom stereocenters. The summed E-state index contributed by atoms with van der Waals surface area (Å²) in [5.41, 5.74) is 13.0. The van der Waals surface area contributed by atoms with E-state index in [0.29, 0.717) is 0 Å². The van der Waals surface area contributed by atoms with Gasteiger partial charge in [0.05, 0.1) is 0 Å². The van der Waals surface area contributed by atoms with Crippen molar-refractivity contribution in [1.29, 1.82) is 0 Å².